The molecule has 1 unspecified atom stereocenters. The minimum absolute atomic E-state index is 0.0296. The van der Waals surface area contributed by atoms with Gasteiger partial charge in [-0.05, 0) is 57.0 Å². The Balaban J connectivity index is 1.59. The standard InChI is InChI=1S/C24H30N4O4S/c1-4-28-20-12-8-7-11-19(20)26-23(28)16(2)25-24(29)17-13-14-21(32-3)22(15-17)33(30,31)27-18-9-5-6-10-18/h7-8,11-16,18,27H,4-6,9-10H2,1-3H3,(H,25,29). The number of hydrogen-bond donors (Lipinski definition) is 2. The molecule has 3 aromatic rings. The van der Waals surface area contributed by atoms with Crippen LogP contribution in [0.5, 0.6) is 5.75 Å². The first-order chi connectivity index (χ1) is 15.8. The average Bonchev–Trinajstić information content (AvgIpc) is 3.45. The Morgan fingerprint density at radius 3 is 2.64 bits per heavy atom. The van der Waals surface area contributed by atoms with Crippen molar-refractivity contribution in [2.75, 3.05) is 7.11 Å². The van der Waals surface area contributed by atoms with Crippen molar-refractivity contribution in [1.82, 2.24) is 19.6 Å². The maximum atomic E-state index is 13.1. The summed E-state index contributed by atoms with van der Waals surface area (Å²) in [5, 5.41) is 2.96. The monoisotopic (exact) mass is 470 g/mol. The van der Waals surface area contributed by atoms with E-state index in [2.05, 4.69) is 14.6 Å². The smallest absolute Gasteiger partial charge is 0.251 e. The summed E-state index contributed by atoms with van der Waals surface area (Å²) in [5.41, 5.74) is 2.12. The van der Waals surface area contributed by atoms with Gasteiger partial charge in [0.2, 0.25) is 10.0 Å². The number of fused-ring (bicyclic) bond motifs is 1. The van der Waals surface area contributed by atoms with Gasteiger partial charge in [0.15, 0.2) is 0 Å². The summed E-state index contributed by atoms with van der Waals surface area (Å²) in [6.07, 6.45) is 3.65. The third-order valence-electron chi connectivity index (χ3n) is 6.13. The Morgan fingerprint density at radius 1 is 1.21 bits per heavy atom. The third-order valence-corrected chi connectivity index (χ3v) is 7.67. The van der Waals surface area contributed by atoms with Gasteiger partial charge in [0.1, 0.15) is 16.5 Å². The zero-order valence-corrected chi connectivity index (χ0v) is 20.0. The number of ether oxygens (including phenoxy) is 1. The van der Waals surface area contributed by atoms with Crippen LogP contribution >= 0.6 is 0 Å². The highest BCUT2D eigenvalue weighted by molar-refractivity contribution is 7.89. The van der Waals surface area contributed by atoms with Crippen LogP contribution in [0.3, 0.4) is 0 Å². The van der Waals surface area contributed by atoms with E-state index in [-0.39, 0.29) is 34.2 Å². The molecule has 1 atom stereocenters. The van der Waals surface area contributed by atoms with Crippen molar-refractivity contribution in [3.63, 3.8) is 0 Å². The van der Waals surface area contributed by atoms with Gasteiger partial charge < -0.3 is 14.6 Å². The first-order valence-electron chi connectivity index (χ1n) is 11.3. The molecule has 4 rings (SSSR count). The van der Waals surface area contributed by atoms with E-state index in [0.29, 0.717) is 6.54 Å². The van der Waals surface area contributed by atoms with E-state index in [1.165, 1.54) is 19.2 Å². The van der Waals surface area contributed by atoms with Gasteiger partial charge >= 0.3 is 0 Å². The highest BCUT2D eigenvalue weighted by atomic mass is 32.2. The average molecular weight is 471 g/mol. The number of hydrogen-bond acceptors (Lipinski definition) is 5. The summed E-state index contributed by atoms with van der Waals surface area (Å²) in [4.78, 5) is 17.7. The van der Waals surface area contributed by atoms with Crippen LogP contribution in [0.4, 0.5) is 0 Å². The van der Waals surface area contributed by atoms with Crippen LogP contribution in [0.1, 0.15) is 61.8 Å². The fraction of sp³-hybridized carbons (Fsp3) is 0.417. The van der Waals surface area contributed by atoms with Crippen LogP contribution < -0.4 is 14.8 Å². The third kappa shape index (κ3) is 4.74. The first-order valence-corrected chi connectivity index (χ1v) is 12.8. The number of para-hydroxylation sites is 2. The Hall–Kier alpha value is -2.91. The van der Waals surface area contributed by atoms with E-state index < -0.39 is 10.0 Å². The second kappa shape index (κ2) is 9.52. The minimum atomic E-state index is -3.82. The van der Waals surface area contributed by atoms with Crippen molar-refractivity contribution in [1.29, 1.82) is 0 Å². The van der Waals surface area contributed by atoms with Crippen molar-refractivity contribution in [3.05, 3.63) is 53.9 Å². The number of nitrogens with one attached hydrogen (secondary N) is 2. The topological polar surface area (TPSA) is 102 Å². The molecule has 2 N–H and O–H groups in total. The molecule has 1 aromatic heterocycles. The molecule has 0 bridgehead atoms. The van der Waals surface area contributed by atoms with Gasteiger partial charge in [-0.1, -0.05) is 25.0 Å². The van der Waals surface area contributed by atoms with Gasteiger partial charge in [0, 0.05) is 18.2 Å². The number of aromatic nitrogens is 2. The number of amides is 1. The van der Waals surface area contributed by atoms with E-state index in [0.717, 1.165) is 42.5 Å². The number of rotatable bonds is 8. The molecule has 1 saturated carbocycles. The van der Waals surface area contributed by atoms with E-state index in [9.17, 15) is 13.2 Å². The second-order valence-corrected chi connectivity index (χ2v) is 10.0. The molecule has 0 radical (unpaired) electrons. The molecule has 176 valence electrons. The highest BCUT2D eigenvalue weighted by Gasteiger charge is 2.27. The lowest BCUT2D eigenvalue weighted by Crippen LogP contribution is -2.33. The van der Waals surface area contributed by atoms with Crippen molar-refractivity contribution in [2.45, 2.75) is 63.1 Å². The zero-order valence-electron chi connectivity index (χ0n) is 19.2. The normalized spacial score (nSPS) is 15.6. The molecular weight excluding hydrogens is 440 g/mol. The number of carbonyl (C=O) groups is 1. The Kier molecular flexibility index (Phi) is 6.71. The van der Waals surface area contributed by atoms with Crippen molar-refractivity contribution >= 4 is 27.0 Å². The minimum Gasteiger partial charge on any atom is -0.495 e. The predicted octanol–water partition coefficient (Wildman–Crippen LogP) is 3.78. The summed E-state index contributed by atoms with van der Waals surface area (Å²) in [6, 6.07) is 11.8. The lowest BCUT2D eigenvalue weighted by molar-refractivity contribution is 0.0937. The summed E-state index contributed by atoms with van der Waals surface area (Å²) in [6.45, 7) is 4.62. The zero-order chi connectivity index (χ0) is 23.6. The number of carbonyl (C=O) groups excluding carboxylic acids is 1. The second-order valence-electron chi connectivity index (χ2n) is 8.37. The van der Waals surface area contributed by atoms with Crippen molar-refractivity contribution < 1.29 is 17.9 Å². The maximum Gasteiger partial charge on any atom is 0.251 e. The quantitative estimate of drug-likeness (QED) is 0.522. The number of imidazole rings is 1. The molecule has 33 heavy (non-hydrogen) atoms. The fourth-order valence-electron chi connectivity index (χ4n) is 4.46. The van der Waals surface area contributed by atoms with E-state index in [1.807, 2.05) is 38.1 Å². The molecule has 8 nitrogen and oxygen atoms in total. The van der Waals surface area contributed by atoms with Crippen molar-refractivity contribution in [2.24, 2.45) is 0 Å². The molecule has 1 aliphatic carbocycles. The van der Waals surface area contributed by atoms with Crippen LogP contribution in [0.25, 0.3) is 11.0 Å². The molecule has 0 spiro atoms. The fourth-order valence-corrected chi connectivity index (χ4v) is 5.96. The molecule has 1 aliphatic rings. The van der Waals surface area contributed by atoms with E-state index in [4.69, 9.17) is 9.72 Å². The largest absolute Gasteiger partial charge is 0.495 e. The van der Waals surface area contributed by atoms with Crippen LogP contribution in [-0.2, 0) is 16.6 Å². The van der Waals surface area contributed by atoms with Crippen LogP contribution in [0, 0.1) is 0 Å². The molecule has 9 heteroatoms. The van der Waals surface area contributed by atoms with Gasteiger partial charge in [-0.2, -0.15) is 0 Å². The van der Waals surface area contributed by atoms with Crippen LogP contribution in [0.2, 0.25) is 0 Å². The highest BCUT2D eigenvalue weighted by Crippen LogP contribution is 2.28. The summed E-state index contributed by atoms with van der Waals surface area (Å²) in [5.74, 6) is 0.575. The molecule has 0 aliphatic heterocycles. The molecular formula is C24H30N4O4S. The Bertz CT molecular complexity index is 1260. The van der Waals surface area contributed by atoms with E-state index in [1.54, 1.807) is 6.07 Å². The molecule has 2 aromatic carbocycles. The Labute approximate surface area is 194 Å². The number of benzene rings is 2. The summed E-state index contributed by atoms with van der Waals surface area (Å²) in [7, 11) is -2.40. The molecule has 0 saturated heterocycles. The first kappa shape index (κ1) is 23.3. The number of sulfonamides is 1. The summed E-state index contributed by atoms with van der Waals surface area (Å²) >= 11 is 0. The lowest BCUT2D eigenvalue weighted by atomic mass is 10.2. The SMILES string of the molecule is CCn1c(C(C)NC(=O)c2ccc(OC)c(S(=O)(=O)NC3CCCC3)c2)nc2ccccc21. The van der Waals surface area contributed by atoms with Gasteiger partial charge in [-0.15, -0.1) is 0 Å². The predicted molar refractivity (Wildman–Crippen MR) is 127 cm³/mol. The lowest BCUT2D eigenvalue weighted by Gasteiger charge is -2.17. The van der Waals surface area contributed by atoms with Gasteiger partial charge in [0.05, 0.1) is 24.2 Å². The van der Waals surface area contributed by atoms with Gasteiger partial charge in [0.25, 0.3) is 5.91 Å². The van der Waals surface area contributed by atoms with Gasteiger partial charge in [-0.3, -0.25) is 4.79 Å². The molecule has 1 fully saturated rings. The molecule has 1 amide bonds. The number of nitrogens with zero attached hydrogens (tertiary/aromatic N) is 2. The van der Waals surface area contributed by atoms with E-state index >= 15 is 0 Å². The maximum absolute atomic E-state index is 13.1. The van der Waals surface area contributed by atoms with Crippen molar-refractivity contribution in [3.8, 4) is 5.75 Å². The van der Waals surface area contributed by atoms with Crippen LogP contribution in [-0.4, -0.2) is 37.0 Å². The molecule has 1 heterocycles. The Morgan fingerprint density at radius 2 is 1.94 bits per heavy atom. The summed E-state index contributed by atoms with van der Waals surface area (Å²) < 4.78 is 36.2. The van der Waals surface area contributed by atoms with Gasteiger partial charge in [-0.25, -0.2) is 18.1 Å². The number of aryl methyl sites for hydroxylation is 1. The number of methoxy groups -OCH3 is 1. The van der Waals surface area contributed by atoms with Crippen LogP contribution in [0.15, 0.2) is 47.4 Å².